The van der Waals surface area contributed by atoms with Gasteiger partial charge in [0.2, 0.25) is 0 Å². The van der Waals surface area contributed by atoms with Crippen molar-refractivity contribution < 1.29 is 14.3 Å². The molecule has 33 heavy (non-hydrogen) atoms. The maximum absolute atomic E-state index is 13.6. The predicted molar refractivity (Wildman–Crippen MR) is 131 cm³/mol. The van der Waals surface area contributed by atoms with E-state index in [-0.39, 0.29) is 24.3 Å². The van der Waals surface area contributed by atoms with Crippen molar-refractivity contribution in [1.29, 1.82) is 0 Å². The number of dihydropyridines is 1. The Morgan fingerprint density at radius 1 is 1.06 bits per heavy atom. The lowest BCUT2D eigenvalue weighted by Gasteiger charge is -2.36. The highest BCUT2D eigenvalue weighted by atomic mass is 35.5. The Morgan fingerprint density at radius 2 is 1.70 bits per heavy atom. The smallest absolute Gasteiger partial charge is 0.336 e. The van der Waals surface area contributed by atoms with Crippen LogP contribution in [0.25, 0.3) is 0 Å². The number of carbonyl (C=O) groups is 2. The Hall–Kier alpha value is -3.05. The molecule has 0 spiro atoms. The second kappa shape index (κ2) is 9.44. The zero-order valence-electron chi connectivity index (χ0n) is 19.4. The summed E-state index contributed by atoms with van der Waals surface area (Å²) in [5, 5.41) is 4.06. The van der Waals surface area contributed by atoms with Gasteiger partial charge in [0.15, 0.2) is 5.78 Å². The largest absolute Gasteiger partial charge is 0.463 e. The van der Waals surface area contributed by atoms with E-state index in [0.29, 0.717) is 29.0 Å². The number of rotatable bonds is 5. The van der Waals surface area contributed by atoms with Crippen LogP contribution in [0, 0.1) is 0 Å². The van der Waals surface area contributed by atoms with Crippen LogP contribution in [0.4, 0.5) is 5.69 Å². The molecule has 5 nitrogen and oxygen atoms in total. The van der Waals surface area contributed by atoms with Gasteiger partial charge in [-0.25, -0.2) is 4.79 Å². The van der Waals surface area contributed by atoms with Crippen molar-refractivity contribution in [3.05, 3.63) is 87.2 Å². The molecule has 0 unspecified atom stereocenters. The normalized spacial score (nSPS) is 20.3. The van der Waals surface area contributed by atoms with Crippen LogP contribution in [0.1, 0.15) is 49.7 Å². The standard InChI is InChI=1S/C27H29ClN2O3/c1-5-33-27(32)24-16(2)29-22-14-19(17-6-10-20(28)11-7-17)15-23(31)26(22)25(24)18-8-12-21(13-9-18)30(3)4/h6-13,19,25,29H,5,14-15H2,1-4H3/t19-,25-/m0/s1. The summed E-state index contributed by atoms with van der Waals surface area (Å²) in [6, 6.07) is 15.7. The number of halogens is 1. The number of allylic oxidation sites excluding steroid dienone is 3. The van der Waals surface area contributed by atoms with Gasteiger partial charge in [-0.1, -0.05) is 35.9 Å². The third kappa shape index (κ3) is 4.55. The van der Waals surface area contributed by atoms with Crippen LogP contribution < -0.4 is 10.2 Å². The van der Waals surface area contributed by atoms with Crippen LogP contribution >= 0.6 is 11.6 Å². The van der Waals surface area contributed by atoms with E-state index in [2.05, 4.69) is 5.32 Å². The molecule has 1 heterocycles. The van der Waals surface area contributed by atoms with Gasteiger partial charge in [0.05, 0.1) is 12.2 Å². The Kier molecular flexibility index (Phi) is 6.61. The first-order valence-corrected chi connectivity index (χ1v) is 11.6. The minimum absolute atomic E-state index is 0.0553. The van der Waals surface area contributed by atoms with E-state index < -0.39 is 5.92 Å². The van der Waals surface area contributed by atoms with E-state index >= 15 is 0 Å². The van der Waals surface area contributed by atoms with Crippen LogP contribution in [0.15, 0.2) is 71.1 Å². The number of esters is 1. The van der Waals surface area contributed by atoms with Crippen LogP contribution in [-0.2, 0) is 14.3 Å². The summed E-state index contributed by atoms with van der Waals surface area (Å²) < 4.78 is 5.39. The van der Waals surface area contributed by atoms with E-state index in [1.54, 1.807) is 6.92 Å². The molecule has 0 fully saturated rings. The second-order valence-corrected chi connectivity index (χ2v) is 9.21. The van der Waals surface area contributed by atoms with Gasteiger partial charge >= 0.3 is 5.97 Å². The lowest BCUT2D eigenvalue weighted by Crippen LogP contribution is -2.36. The number of benzene rings is 2. The lowest BCUT2D eigenvalue weighted by atomic mass is 9.71. The van der Waals surface area contributed by atoms with E-state index in [9.17, 15) is 9.59 Å². The molecule has 1 N–H and O–H groups in total. The van der Waals surface area contributed by atoms with Crippen molar-refractivity contribution in [2.75, 3.05) is 25.6 Å². The Balaban J connectivity index is 1.78. The Morgan fingerprint density at radius 3 is 2.30 bits per heavy atom. The number of nitrogens with zero attached hydrogens (tertiary/aromatic N) is 1. The molecule has 0 amide bonds. The number of ether oxygens (including phenoxy) is 1. The molecule has 2 aromatic carbocycles. The fraction of sp³-hybridized carbons (Fsp3) is 0.333. The quantitative estimate of drug-likeness (QED) is 0.606. The number of carbonyl (C=O) groups excluding carboxylic acids is 2. The summed E-state index contributed by atoms with van der Waals surface area (Å²) in [6.07, 6.45) is 1.09. The molecule has 2 aromatic rings. The summed E-state index contributed by atoms with van der Waals surface area (Å²) in [5.74, 6) is -0.715. The lowest BCUT2D eigenvalue weighted by molar-refractivity contribution is -0.138. The number of ketones is 1. The molecule has 2 atom stereocenters. The SMILES string of the molecule is CCOC(=O)C1=C(C)NC2=C(C(=O)C[C@@H](c3ccc(Cl)cc3)C2)[C@H]1c1ccc(N(C)C)cc1. The number of nitrogens with one attached hydrogen (secondary N) is 1. The summed E-state index contributed by atoms with van der Waals surface area (Å²) in [4.78, 5) is 28.6. The van der Waals surface area contributed by atoms with Gasteiger partial charge in [-0.3, -0.25) is 4.79 Å². The van der Waals surface area contributed by atoms with E-state index in [4.69, 9.17) is 16.3 Å². The topological polar surface area (TPSA) is 58.6 Å². The van der Waals surface area contributed by atoms with Gasteiger partial charge in [0.1, 0.15) is 0 Å². The zero-order chi connectivity index (χ0) is 23.7. The molecule has 172 valence electrons. The average Bonchev–Trinajstić information content (AvgIpc) is 2.78. The minimum Gasteiger partial charge on any atom is -0.463 e. The van der Waals surface area contributed by atoms with Crippen LogP contribution in [-0.4, -0.2) is 32.5 Å². The number of Topliss-reactive ketones (excluding diaryl/α,β-unsaturated/α-hetero) is 1. The monoisotopic (exact) mass is 464 g/mol. The molecule has 4 rings (SSSR count). The molecule has 0 aromatic heterocycles. The van der Waals surface area contributed by atoms with Gasteiger partial charge < -0.3 is 15.0 Å². The number of anilines is 1. The molecule has 6 heteroatoms. The fourth-order valence-corrected chi connectivity index (χ4v) is 4.91. The average molecular weight is 465 g/mol. The third-order valence-electron chi connectivity index (χ3n) is 6.41. The molecule has 0 saturated heterocycles. The number of hydrogen-bond donors (Lipinski definition) is 1. The van der Waals surface area contributed by atoms with Gasteiger partial charge in [-0.05, 0) is 61.6 Å². The first-order valence-electron chi connectivity index (χ1n) is 11.2. The maximum atomic E-state index is 13.6. The van der Waals surface area contributed by atoms with E-state index in [1.165, 1.54) is 0 Å². The predicted octanol–water partition coefficient (Wildman–Crippen LogP) is 5.33. The van der Waals surface area contributed by atoms with Gasteiger partial charge in [0, 0.05) is 54.1 Å². The van der Waals surface area contributed by atoms with Crippen molar-refractivity contribution in [3.63, 3.8) is 0 Å². The van der Waals surface area contributed by atoms with E-state index in [0.717, 1.165) is 28.2 Å². The summed E-state index contributed by atoms with van der Waals surface area (Å²) in [7, 11) is 3.96. The van der Waals surface area contributed by atoms with Crippen molar-refractivity contribution in [1.82, 2.24) is 5.32 Å². The minimum atomic E-state index is -0.449. The zero-order valence-corrected chi connectivity index (χ0v) is 20.2. The second-order valence-electron chi connectivity index (χ2n) is 8.78. The van der Waals surface area contributed by atoms with E-state index in [1.807, 2.05) is 74.4 Å². The van der Waals surface area contributed by atoms with Crippen molar-refractivity contribution >= 4 is 29.0 Å². The van der Waals surface area contributed by atoms with Gasteiger partial charge in [-0.15, -0.1) is 0 Å². The molecule has 0 bridgehead atoms. The Labute approximate surface area is 200 Å². The van der Waals surface area contributed by atoms with Gasteiger partial charge in [0.25, 0.3) is 0 Å². The first kappa shape index (κ1) is 23.1. The summed E-state index contributed by atoms with van der Waals surface area (Å²) in [6.45, 7) is 3.95. The highest BCUT2D eigenvalue weighted by Crippen LogP contribution is 2.46. The summed E-state index contributed by atoms with van der Waals surface area (Å²) in [5.41, 5.74) is 5.86. The molecular formula is C27H29ClN2O3. The molecule has 1 aliphatic heterocycles. The molecule has 0 saturated carbocycles. The molecule has 0 radical (unpaired) electrons. The highest BCUT2D eigenvalue weighted by molar-refractivity contribution is 6.30. The van der Waals surface area contributed by atoms with Crippen LogP contribution in [0.5, 0.6) is 0 Å². The van der Waals surface area contributed by atoms with Crippen molar-refractivity contribution in [2.24, 2.45) is 0 Å². The molecule has 2 aliphatic rings. The Bertz CT molecular complexity index is 1130. The first-order chi connectivity index (χ1) is 15.8. The molecular weight excluding hydrogens is 436 g/mol. The summed E-state index contributed by atoms with van der Waals surface area (Å²) >= 11 is 6.06. The maximum Gasteiger partial charge on any atom is 0.336 e. The fourth-order valence-electron chi connectivity index (χ4n) is 4.79. The van der Waals surface area contributed by atoms with Crippen molar-refractivity contribution in [3.8, 4) is 0 Å². The van der Waals surface area contributed by atoms with Crippen LogP contribution in [0.2, 0.25) is 5.02 Å². The van der Waals surface area contributed by atoms with Crippen molar-refractivity contribution in [2.45, 2.75) is 38.5 Å². The van der Waals surface area contributed by atoms with Crippen LogP contribution in [0.3, 0.4) is 0 Å². The molecule has 1 aliphatic carbocycles. The number of hydrogen-bond acceptors (Lipinski definition) is 5. The van der Waals surface area contributed by atoms with Gasteiger partial charge in [-0.2, -0.15) is 0 Å². The highest BCUT2D eigenvalue weighted by Gasteiger charge is 2.41. The third-order valence-corrected chi connectivity index (χ3v) is 6.66.